The molecule has 1 aromatic heterocycles. The summed E-state index contributed by atoms with van der Waals surface area (Å²) < 4.78 is 20.1. The number of aromatic nitrogens is 2. The average Bonchev–Trinajstić information content (AvgIpc) is 1.63. The number of phenols is 1. The van der Waals surface area contributed by atoms with Gasteiger partial charge in [-0.25, -0.2) is 0 Å². The molecule has 3 fully saturated rings. The van der Waals surface area contributed by atoms with Crippen LogP contribution in [0.2, 0.25) is 0 Å². The molecule has 0 saturated carbocycles. The van der Waals surface area contributed by atoms with E-state index in [0.29, 0.717) is 27.9 Å². The molecule has 92 heavy (non-hydrogen) atoms. The van der Waals surface area contributed by atoms with E-state index in [1.165, 1.54) is 30.4 Å². The van der Waals surface area contributed by atoms with Gasteiger partial charge in [0.05, 0.1) is 49.6 Å². The summed E-state index contributed by atoms with van der Waals surface area (Å²) in [6.45, 7) is 2.10. The number of nitrogens with one attached hydrogen (secondary N) is 5. The molecule has 4 aromatic rings. The molecule has 0 bridgehead atoms. The smallest absolute Gasteiger partial charge is 0.691 e. The van der Waals surface area contributed by atoms with Crippen LogP contribution in [0.3, 0.4) is 0 Å². The standard InChI is InChI=1S/C58H74N10O21S2.Na/c1-29-27-68-46(47(29)74)54(81)60-26-35(70)24-38(61-50(77)31-9-11-32(12-10-31)55-65-66-56(90-55)33-13-16-37(17-14-33)86-22-8-6-4-5-7-21-85-3)51(78)62-43(30(2)69)57(82)67-28-36(71)25-39(67)52(79)64-45(53(80)63-44(58(68)83)41(73)19-20-59)49(76)48(75)34-15-18-40(72)42(23-34)87-91-89-88-84;/h9-18,23,29-30,35-36,38-39,41,43-49,69-76,84H,4-8,19,21-22,24-28H2,1-3H3,(H,60,81)(H,61,77)(H,62,78)(H,63,80)(H,64,79);/q;+1/p-1/t29?,30?,35-,36?,38-,39?,41+,43?,44-,45?,46?,47-,48-,49-;/m0./s1. The van der Waals surface area contributed by atoms with Gasteiger partial charge in [-0.3, -0.25) is 38.6 Å². The van der Waals surface area contributed by atoms with Crippen molar-refractivity contribution in [2.75, 3.05) is 40.0 Å². The molecule has 31 nitrogen and oxygen atoms in total. The zero-order valence-corrected chi connectivity index (χ0v) is 54.2. The Kier molecular flexibility index (Phi) is 28.7. The summed E-state index contributed by atoms with van der Waals surface area (Å²) in [6, 6.07) is 5.90. The molecular formula is C58H73N10NaO21S2. The molecule has 3 aromatic carbocycles. The van der Waals surface area contributed by atoms with Gasteiger partial charge in [0, 0.05) is 68.8 Å². The zero-order valence-electron chi connectivity index (χ0n) is 50.6. The predicted molar refractivity (Wildman–Crippen MR) is 316 cm³/mol. The number of carbonyl (C=O) groups excluding carboxylic acids is 7. The topological polar surface area (TPSA) is 467 Å². The van der Waals surface area contributed by atoms with Crippen LogP contribution < -0.4 is 70.3 Å². The van der Waals surface area contributed by atoms with Crippen molar-refractivity contribution in [3.63, 3.8) is 0 Å². The first kappa shape index (κ1) is 74.4. The van der Waals surface area contributed by atoms with Crippen molar-refractivity contribution in [2.45, 2.75) is 144 Å². The Morgan fingerprint density at radius 1 is 0.793 bits per heavy atom. The van der Waals surface area contributed by atoms with Gasteiger partial charge in [0.25, 0.3) is 18.2 Å². The summed E-state index contributed by atoms with van der Waals surface area (Å²) in [7, 11) is 1.69. The van der Waals surface area contributed by atoms with E-state index in [1.807, 2.05) is 24.3 Å². The van der Waals surface area contributed by atoms with Crippen LogP contribution in [0.5, 0.6) is 17.2 Å². The fourth-order valence-electron chi connectivity index (χ4n) is 10.5. The Morgan fingerprint density at radius 2 is 1.41 bits per heavy atom. The summed E-state index contributed by atoms with van der Waals surface area (Å²) in [5.41, 5.74) is 0.997. The van der Waals surface area contributed by atoms with Crippen LogP contribution in [0.4, 0.5) is 0 Å². The number of nitriles is 1. The quantitative estimate of drug-likeness (QED) is 0.0109. The van der Waals surface area contributed by atoms with Crippen molar-refractivity contribution in [3.05, 3.63) is 77.9 Å². The number of nitrogens with zero attached hydrogens (tertiary/aromatic N) is 5. The Balaban J connectivity index is 0.0000134. The van der Waals surface area contributed by atoms with Crippen molar-refractivity contribution < 1.29 is 132 Å². The summed E-state index contributed by atoms with van der Waals surface area (Å²) in [5, 5.41) is 135. The third kappa shape index (κ3) is 19.5. The molecule has 7 unspecified atom stereocenters. The number of aliphatic hydroxyl groups is 7. The van der Waals surface area contributed by atoms with E-state index in [-0.39, 0.29) is 53.0 Å². The number of carbonyl (C=O) groups is 7. The van der Waals surface area contributed by atoms with Crippen molar-refractivity contribution in [1.29, 1.82) is 5.26 Å². The summed E-state index contributed by atoms with van der Waals surface area (Å²) >= 11 is 1.20. The number of unbranched alkanes of at least 4 members (excludes halogenated alkanes) is 4. The number of aliphatic hydroxyl groups excluding tert-OH is 7. The van der Waals surface area contributed by atoms with Crippen LogP contribution in [0, 0.1) is 17.2 Å². The second-order valence-corrected chi connectivity index (χ2v) is 23.6. The van der Waals surface area contributed by atoms with Crippen molar-refractivity contribution in [2.24, 2.45) is 5.92 Å². The van der Waals surface area contributed by atoms with Gasteiger partial charge in [0.15, 0.2) is 11.5 Å². The maximum absolute atomic E-state index is 14.6. The first-order valence-corrected chi connectivity index (χ1v) is 30.6. The van der Waals surface area contributed by atoms with Crippen LogP contribution in [0.25, 0.3) is 21.1 Å². The Labute approximate surface area is 558 Å². The molecule has 0 spiro atoms. The number of aromatic hydroxyl groups is 1. The minimum atomic E-state index is -2.51. The van der Waals surface area contributed by atoms with Crippen LogP contribution in [0.15, 0.2) is 66.7 Å². The summed E-state index contributed by atoms with van der Waals surface area (Å²) in [6.07, 6.45) is -10.5. The number of benzene rings is 3. The molecule has 3 aliphatic rings. The predicted octanol–water partition coefficient (Wildman–Crippen LogP) is -4.92. The van der Waals surface area contributed by atoms with Gasteiger partial charge in [0.2, 0.25) is 35.4 Å². The van der Waals surface area contributed by atoms with Gasteiger partial charge in [-0.2, -0.15) is 5.26 Å². The van der Waals surface area contributed by atoms with E-state index >= 15 is 0 Å². The third-order valence-corrected chi connectivity index (χ3v) is 16.9. The fourth-order valence-corrected chi connectivity index (χ4v) is 11.7. The number of phenolic OH excluding ortho intramolecular Hbond substituents is 1. The number of amides is 7. The van der Waals surface area contributed by atoms with Crippen LogP contribution >= 0.6 is 23.7 Å². The zero-order chi connectivity index (χ0) is 66.1. The molecule has 34 heteroatoms. The van der Waals surface area contributed by atoms with Gasteiger partial charge in [0.1, 0.15) is 64.2 Å². The SMILES string of the molecule is COCCCCCCCOc1ccc(-c2nnc(-c3ccc(C(=O)N[C@H]4C[C@H](O)CNC(=O)C5[C@@H](O)C(C)CN5C(=O)[C@H]([C@H](O)CC#N)NC(=O)C([C@H](O)[C@@H](O)c5ccc(O)c(OSOO[O-])c5)NC(=O)C5CC(O)CN5C(=O)C(C(C)O)NC4=O)cc3)s2)cc1.[Na+]. The van der Waals surface area contributed by atoms with Gasteiger partial charge in [-0.05, 0) is 73.9 Å². The maximum atomic E-state index is 14.6. The van der Waals surface area contributed by atoms with Gasteiger partial charge in [-0.1, -0.05) is 55.7 Å². The van der Waals surface area contributed by atoms with E-state index in [9.17, 15) is 84.9 Å². The monoisotopic (exact) mass is 1330 g/mol. The second-order valence-electron chi connectivity index (χ2n) is 22.2. The summed E-state index contributed by atoms with van der Waals surface area (Å²) in [4.78, 5) is 103. The van der Waals surface area contributed by atoms with Gasteiger partial charge in [-0.15, -0.1) is 14.5 Å². The molecule has 7 rings (SSSR count). The minimum absolute atomic E-state index is 0. The van der Waals surface area contributed by atoms with Crippen LogP contribution in [-0.2, 0) is 42.9 Å². The number of hydrogen-bond donors (Lipinski definition) is 13. The molecular weight excluding hydrogens is 1260 g/mol. The van der Waals surface area contributed by atoms with E-state index in [4.69, 9.17) is 13.7 Å². The van der Waals surface area contributed by atoms with E-state index in [1.54, 1.807) is 25.3 Å². The van der Waals surface area contributed by atoms with Crippen molar-refractivity contribution in [3.8, 4) is 44.5 Å². The first-order valence-electron chi connectivity index (χ1n) is 29.1. The molecule has 494 valence electrons. The molecule has 13 N–H and O–H groups in total. The Bertz CT molecular complexity index is 3190. The fraction of sp³-hybridized carbons (Fsp3) is 0.517. The number of ether oxygens (including phenoxy) is 2. The summed E-state index contributed by atoms with van der Waals surface area (Å²) in [5.74, 6) is -9.85. The Hall–Kier alpha value is -6.69. The molecule has 14 atom stereocenters. The van der Waals surface area contributed by atoms with Gasteiger partial charge >= 0.3 is 29.6 Å². The van der Waals surface area contributed by atoms with E-state index in [2.05, 4.69) is 46.2 Å². The largest absolute Gasteiger partial charge is 1.00 e. The molecule has 0 aliphatic carbocycles. The number of rotatable bonds is 23. The molecule has 3 aliphatic heterocycles. The van der Waals surface area contributed by atoms with Crippen LogP contribution in [0.1, 0.15) is 87.2 Å². The molecule has 4 heterocycles. The second kappa shape index (κ2) is 35.5. The van der Waals surface area contributed by atoms with Crippen molar-refractivity contribution in [1.82, 2.24) is 46.6 Å². The molecule has 3 saturated heterocycles. The van der Waals surface area contributed by atoms with Crippen LogP contribution in [-0.4, -0.2) is 215 Å². The van der Waals surface area contributed by atoms with E-state index < -0.39 is 177 Å². The average molecular weight is 1330 g/mol. The number of β-amino-alcohol motifs (C(OH)–C–C–N with tert-alkyl or cyclic N) is 1. The molecule has 7 amide bonds. The Morgan fingerprint density at radius 3 is 2.05 bits per heavy atom. The van der Waals surface area contributed by atoms with E-state index in [0.717, 1.165) is 79.2 Å². The number of fused-ring (bicyclic) bond motifs is 2. The van der Waals surface area contributed by atoms with Gasteiger partial charge < -0.3 is 96.2 Å². The van der Waals surface area contributed by atoms with Crippen molar-refractivity contribution >= 4 is 65.0 Å². The normalized spacial score (nSPS) is 24.8. The number of methoxy groups -OCH3 is 1. The maximum Gasteiger partial charge on any atom is 1.00 e. The minimum Gasteiger partial charge on any atom is -0.691 e. The third-order valence-electron chi connectivity index (χ3n) is 15.5. The molecule has 0 radical (unpaired) electrons. The first-order chi connectivity index (χ1) is 43.5. The number of hydrogen-bond acceptors (Lipinski definition) is 26.